The lowest BCUT2D eigenvalue weighted by Gasteiger charge is -2.18. The van der Waals surface area contributed by atoms with Gasteiger partial charge in [0.05, 0.1) is 11.0 Å². The number of aryl methyl sites for hydroxylation is 2. The van der Waals surface area contributed by atoms with Crippen LogP contribution in [0.25, 0.3) is 27.8 Å². The zero-order chi connectivity index (χ0) is 41.1. The Hall–Kier alpha value is -7.84. The Morgan fingerprint density at radius 3 is 1.26 bits per heavy atom. The van der Waals surface area contributed by atoms with Crippen molar-refractivity contribution >= 4 is 68.0 Å². The maximum Gasteiger partial charge on any atom is 0.241 e. The molecule has 4 aromatic heterocycles. The van der Waals surface area contributed by atoms with Gasteiger partial charge < -0.3 is 9.47 Å². The van der Waals surface area contributed by atoms with Crippen molar-refractivity contribution in [3.63, 3.8) is 0 Å². The van der Waals surface area contributed by atoms with Gasteiger partial charge >= 0.3 is 0 Å². The predicted molar refractivity (Wildman–Crippen MR) is 247 cm³/mol. The number of rotatable bonds is 11. The van der Waals surface area contributed by atoms with E-state index in [0.29, 0.717) is 29.4 Å². The lowest BCUT2D eigenvalue weighted by atomic mass is 9.37. The van der Waals surface area contributed by atoms with Crippen molar-refractivity contribution < 1.29 is 9.47 Å². The molecule has 0 radical (unpaired) electrons. The van der Waals surface area contributed by atoms with E-state index in [1.165, 1.54) is 0 Å². The Morgan fingerprint density at radius 1 is 0.393 bits per heavy atom. The van der Waals surface area contributed by atoms with Crippen LogP contribution in [0.15, 0.2) is 194 Å². The van der Waals surface area contributed by atoms with Crippen LogP contribution in [0, 0.1) is 13.8 Å². The van der Waals surface area contributed by atoms with Crippen LogP contribution in [0.5, 0.6) is 23.3 Å². The van der Waals surface area contributed by atoms with Gasteiger partial charge in [-0.1, -0.05) is 154 Å². The summed E-state index contributed by atoms with van der Waals surface area (Å²) in [6, 6.07) is 62.6. The van der Waals surface area contributed by atoms with Crippen molar-refractivity contribution in [3.05, 3.63) is 206 Å². The van der Waals surface area contributed by atoms with Crippen LogP contribution < -0.4 is 42.3 Å². The molecule has 0 saturated carbocycles. The molecule has 0 aliphatic carbocycles. The Labute approximate surface area is 354 Å². The summed E-state index contributed by atoms with van der Waals surface area (Å²) < 4.78 is 14.7. The molecule has 0 atom stereocenters. The molecule has 61 heavy (non-hydrogen) atoms. The smallest absolute Gasteiger partial charge is 0.241 e. The number of benzene rings is 6. The first-order valence-electron chi connectivity index (χ1n) is 20.3. The first-order chi connectivity index (χ1) is 30.0. The molecular weight excluding hydrogens is 750 g/mol. The lowest BCUT2D eigenvalue weighted by molar-refractivity contribution is 0.463. The molecular formula is C51H38B2N6O2. The van der Waals surface area contributed by atoms with E-state index >= 15 is 0 Å². The summed E-state index contributed by atoms with van der Waals surface area (Å²) in [4.78, 5) is 23.3. The van der Waals surface area contributed by atoms with Crippen molar-refractivity contribution in [2.24, 2.45) is 0 Å². The van der Waals surface area contributed by atoms with Crippen LogP contribution >= 0.6 is 0 Å². The van der Waals surface area contributed by atoms with Crippen molar-refractivity contribution in [1.82, 2.24) is 29.5 Å². The third-order valence-corrected chi connectivity index (χ3v) is 10.9. The summed E-state index contributed by atoms with van der Waals surface area (Å²) in [6.45, 7) is 3.62. The summed E-state index contributed by atoms with van der Waals surface area (Å²) >= 11 is 0. The van der Waals surface area contributed by atoms with Gasteiger partial charge in [0.15, 0.2) is 0 Å². The molecule has 6 aromatic carbocycles. The maximum atomic E-state index is 6.23. The molecule has 4 heterocycles. The third kappa shape index (κ3) is 7.75. The molecule has 10 heteroatoms. The normalized spacial score (nSPS) is 11.1. The Morgan fingerprint density at radius 2 is 0.820 bits per heavy atom. The number of hydrogen-bond acceptors (Lipinski definition) is 7. The molecule has 0 aliphatic heterocycles. The van der Waals surface area contributed by atoms with E-state index in [1.807, 2.05) is 74.5 Å². The highest BCUT2D eigenvalue weighted by atomic mass is 16.5. The standard InChI is InChI=1S/C51H38B2N6O2/c1-35-56-36(2)58-51(57-35)59-47-33-41(52(37-15-5-3-6-16-37)39-19-13-21-43(31-39)60-49-23-9-11-29-54-49)25-27-45(47)46-28-26-42(34-48(46)59)53(38-17-7-4-8-18-38)40-20-14-22-44(32-40)61-50-24-10-12-30-55-50/h3-34H,1-2H3. The van der Waals surface area contributed by atoms with Gasteiger partial charge in [0, 0.05) is 35.3 Å². The summed E-state index contributed by atoms with van der Waals surface area (Å²) in [6.07, 6.45) is 3.47. The SMILES string of the molecule is Cc1nc(C)nc(-n2c3cc(B(c4ccccc4)c4cccc(Oc5ccccn5)c4)ccc3c3ccc(B(c4ccccc4)c4cccc(Oc5ccccn5)c4)cc32)n1. The number of fused-ring (bicyclic) bond motifs is 3. The van der Waals surface area contributed by atoms with Crippen molar-refractivity contribution in [2.45, 2.75) is 13.8 Å². The predicted octanol–water partition coefficient (Wildman–Crippen LogP) is 6.99. The van der Waals surface area contributed by atoms with E-state index < -0.39 is 0 Å². The topological polar surface area (TPSA) is 87.8 Å². The maximum absolute atomic E-state index is 6.23. The second-order valence-electron chi connectivity index (χ2n) is 15.0. The van der Waals surface area contributed by atoms with Gasteiger partial charge in [0.25, 0.3) is 0 Å². The van der Waals surface area contributed by atoms with Crippen molar-refractivity contribution in [3.8, 4) is 29.2 Å². The molecule has 0 N–H and O–H groups in total. The summed E-state index contributed by atoms with van der Waals surface area (Å²) in [5.74, 6) is 4.42. The highest BCUT2D eigenvalue weighted by Gasteiger charge is 2.27. The molecule has 290 valence electrons. The fraction of sp³-hybridized carbons (Fsp3) is 0.0392. The van der Waals surface area contributed by atoms with Gasteiger partial charge in [-0.2, -0.15) is 9.97 Å². The average molecular weight is 789 g/mol. The number of hydrogen-bond donors (Lipinski definition) is 0. The highest BCUT2D eigenvalue weighted by Crippen LogP contribution is 2.31. The minimum atomic E-state index is -0.107. The average Bonchev–Trinajstić information content (AvgIpc) is 3.61. The Balaban J connectivity index is 1.15. The molecule has 0 aliphatic rings. The summed E-state index contributed by atoms with van der Waals surface area (Å²) in [5.41, 5.74) is 8.74. The molecule has 0 fully saturated rings. The van der Waals surface area contributed by atoms with E-state index in [4.69, 9.17) is 19.4 Å². The second-order valence-corrected chi connectivity index (χ2v) is 15.0. The molecule has 10 rings (SSSR count). The second kappa shape index (κ2) is 16.4. The first-order valence-corrected chi connectivity index (χ1v) is 20.3. The van der Waals surface area contributed by atoms with Crippen LogP contribution in [-0.2, 0) is 0 Å². The molecule has 0 unspecified atom stereocenters. The van der Waals surface area contributed by atoms with Crippen molar-refractivity contribution in [2.75, 3.05) is 0 Å². The van der Waals surface area contributed by atoms with Crippen LogP contribution in [0.4, 0.5) is 0 Å². The molecule has 8 nitrogen and oxygen atoms in total. The minimum absolute atomic E-state index is 0.107. The van der Waals surface area contributed by atoms with Crippen LogP contribution in [0.2, 0.25) is 0 Å². The Bertz CT molecular complexity index is 2930. The third-order valence-electron chi connectivity index (χ3n) is 10.9. The van der Waals surface area contributed by atoms with E-state index in [-0.39, 0.29) is 13.4 Å². The van der Waals surface area contributed by atoms with E-state index in [1.54, 1.807) is 12.4 Å². The molecule has 0 amide bonds. The number of pyridine rings is 2. The Kier molecular flexibility index (Phi) is 10.1. The summed E-state index contributed by atoms with van der Waals surface area (Å²) in [5, 5.41) is 2.20. The molecule has 0 bridgehead atoms. The van der Waals surface area contributed by atoms with E-state index in [9.17, 15) is 0 Å². The minimum Gasteiger partial charge on any atom is -0.439 e. The number of aromatic nitrogens is 6. The van der Waals surface area contributed by atoms with Gasteiger partial charge in [-0.15, -0.1) is 0 Å². The van der Waals surface area contributed by atoms with Gasteiger partial charge in [0.1, 0.15) is 23.1 Å². The lowest BCUT2D eigenvalue weighted by Crippen LogP contribution is -2.52. The van der Waals surface area contributed by atoms with Gasteiger partial charge in [-0.05, 0) is 62.4 Å². The summed E-state index contributed by atoms with van der Waals surface area (Å²) in [7, 11) is 0. The largest absolute Gasteiger partial charge is 0.439 e. The quantitative estimate of drug-likeness (QED) is 0.131. The van der Waals surface area contributed by atoms with Crippen molar-refractivity contribution in [1.29, 1.82) is 0 Å². The molecule has 0 saturated heterocycles. The number of ether oxygens (including phenoxy) is 2. The fourth-order valence-electron chi connectivity index (χ4n) is 8.34. The van der Waals surface area contributed by atoms with Crippen LogP contribution in [0.1, 0.15) is 11.6 Å². The van der Waals surface area contributed by atoms with E-state index in [2.05, 4.69) is 141 Å². The van der Waals surface area contributed by atoms with Gasteiger partial charge in [-0.25, -0.2) is 15.0 Å². The highest BCUT2D eigenvalue weighted by molar-refractivity contribution is 6.96. The zero-order valence-corrected chi connectivity index (χ0v) is 33.6. The molecule has 0 spiro atoms. The molecule has 10 aromatic rings. The number of nitrogens with zero attached hydrogens (tertiary/aromatic N) is 6. The fourth-order valence-corrected chi connectivity index (χ4v) is 8.34. The first kappa shape index (κ1) is 37.4. The zero-order valence-electron chi connectivity index (χ0n) is 33.6. The van der Waals surface area contributed by atoms with Crippen LogP contribution in [-0.4, -0.2) is 42.9 Å². The van der Waals surface area contributed by atoms with Crippen LogP contribution in [0.3, 0.4) is 0 Å². The van der Waals surface area contributed by atoms with Gasteiger partial charge in [-0.3, -0.25) is 4.57 Å². The monoisotopic (exact) mass is 788 g/mol. The van der Waals surface area contributed by atoms with Gasteiger partial charge in [0.2, 0.25) is 31.1 Å². The van der Waals surface area contributed by atoms with E-state index in [0.717, 1.165) is 66.1 Å².